The molecule has 1 aromatic rings. The summed E-state index contributed by atoms with van der Waals surface area (Å²) in [5.74, 6) is -0.628. The molecule has 0 aromatic heterocycles. The predicted molar refractivity (Wildman–Crippen MR) is 97.5 cm³/mol. The Morgan fingerprint density at radius 3 is 2.50 bits per heavy atom. The first-order chi connectivity index (χ1) is 12.5. The molecule has 2 heterocycles. The minimum absolute atomic E-state index is 0.0453. The fraction of sp³-hybridized carbons (Fsp3) is 0.600. The molecule has 6 heteroatoms. The maximum Gasteiger partial charge on any atom is 0.308 e. The number of benzene rings is 1. The lowest BCUT2D eigenvalue weighted by Crippen LogP contribution is -2.36. The summed E-state index contributed by atoms with van der Waals surface area (Å²) in [6.45, 7) is 6.12. The van der Waals surface area contributed by atoms with Gasteiger partial charge in [0.05, 0.1) is 19.1 Å². The van der Waals surface area contributed by atoms with Gasteiger partial charge in [-0.1, -0.05) is 0 Å². The average molecular weight is 358 g/mol. The molecule has 6 nitrogen and oxygen atoms in total. The van der Waals surface area contributed by atoms with Gasteiger partial charge in [-0.3, -0.25) is 9.59 Å². The molecule has 3 aliphatic rings. The highest BCUT2D eigenvalue weighted by Gasteiger charge is 2.46. The third-order valence-corrected chi connectivity index (χ3v) is 5.99. The van der Waals surface area contributed by atoms with Crippen LogP contribution in [0.5, 0.6) is 0 Å². The van der Waals surface area contributed by atoms with Crippen molar-refractivity contribution in [2.75, 3.05) is 44.3 Å². The lowest BCUT2D eigenvalue weighted by Gasteiger charge is -2.30. The fourth-order valence-electron chi connectivity index (χ4n) is 4.39. The second kappa shape index (κ2) is 6.91. The Labute approximate surface area is 153 Å². The molecule has 2 saturated heterocycles. The Hall–Kier alpha value is -2.08. The molecular formula is C20H26N2O4. The van der Waals surface area contributed by atoms with Crippen LogP contribution in [0.3, 0.4) is 0 Å². The minimum Gasteiger partial charge on any atom is -0.481 e. The Bertz CT molecular complexity index is 710. The molecule has 26 heavy (non-hydrogen) atoms. The van der Waals surface area contributed by atoms with E-state index in [4.69, 9.17) is 4.74 Å². The van der Waals surface area contributed by atoms with Gasteiger partial charge >= 0.3 is 5.97 Å². The molecule has 1 aromatic carbocycles. The second-order valence-corrected chi connectivity index (χ2v) is 7.76. The number of amides is 1. The van der Waals surface area contributed by atoms with Crippen LogP contribution in [0.2, 0.25) is 0 Å². The van der Waals surface area contributed by atoms with Crippen LogP contribution in [0.15, 0.2) is 18.2 Å². The zero-order chi connectivity index (χ0) is 18.3. The number of carboxylic acid groups (broad SMARTS) is 1. The van der Waals surface area contributed by atoms with Crippen LogP contribution in [-0.4, -0.2) is 61.3 Å². The average Bonchev–Trinajstić information content (AvgIpc) is 3.39. The van der Waals surface area contributed by atoms with Crippen molar-refractivity contribution < 1.29 is 19.4 Å². The van der Waals surface area contributed by atoms with Crippen LogP contribution < -0.4 is 4.90 Å². The Morgan fingerprint density at radius 2 is 1.88 bits per heavy atom. The van der Waals surface area contributed by atoms with Crippen molar-refractivity contribution in [1.29, 1.82) is 0 Å². The van der Waals surface area contributed by atoms with E-state index in [1.165, 1.54) is 0 Å². The normalized spacial score (nSPS) is 26.2. The quantitative estimate of drug-likeness (QED) is 0.892. The molecule has 2 atom stereocenters. The van der Waals surface area contributed by atoms with Gasteiger partial charge in [-0.2, -0.15) is 0 Å². The molecule has 1 aliphatic carbocycles. The molecule has 0 bridgehead atoms. The maximum atomic E-state index is 12.9. The van der Waals surface area contributed by atoms with E-state index in [1.807, 2.05) is 25.1 Å². The number of morpholine rings is 1. The third kappa shape index (κ3) is 3.30. The summed E-state index contributed by atoms with van der Waals surface area (Å²) in [5, 5.41) is 9.50. The highest BCUT2D eigenvalue weighted by atomic mass is 16.5. The lowest BCUT2D eigenvalue weighted by molar-refractivity contribution is -0.142. The number of hydrogen-bond donors (Lipinski definition) is 1. The van der Waals surface area contributed by atoms with E-state index in [-0.39, 0.29) is 11.8 Å². The highest BCUT2D eigenvalue weighted by Crippen LogP contribution is 2.44. The number of likely N-dealkylation sites (tertiary alicyclic amines) is 1. The van der Waals surface area contributed by atoms with E-state index in [1.54, 1.807) is 4.90 Å². The number of ether oxygens (including phenoxy) is 1. The van der Waals surface area contributed by atoms with Gasteiger partial charge in [0, 0.05) is 37.4 Å². The van der Waals surface area contributed by atoms with Gasteiger partial charge in [0.15, 0.2) is 0 Å². The van der Waals surface area contributed by atoms with Gasteiger partial charge in [-0.05, 0) is 55.4 Å². The monoisotopic (exact) mass is 358 g/mol. The van der Waals surface area contributed by atoms with Crippen molar-refractivity contribution >= 4 is 17.6 Å². The summed E-state index contributed by atoms with van der Waals surface area (Å²) in [5.41, 5.74) is 2.87. The fourth-order valence-corrected chi connectivity index (χ4v) is 4.39. The van der Waals surface area contributed by atoms with Gasteiger partial charge in [0.2, 0.25) is 0 Å². The summed E-state index contributed by atoms with van der Waals surface area (Å²) in [6.07, 6.45) is 2.20. The minimum atomic E-state index is -0.768. The number of nitrogens with zero attached hydrogens (tertiary/aromatic N) is 2. The predicted octanol–water partition coefficient (Wildman–Crippen LogP) is 2.01. The van der Waals surface area contributed by atoms with Crippen molar-refractivity contribution in [3.63, 3.8) is 0 Å². The number of aryl methyl sites for hydroxylation is 1. The number of carboxylic acids is 1. The summed E-state index contributed by atoms with van der Waals surface area (Å²) in [6, 6.07) is 5.82. The Kier molecular flexibility index (Phi) is 4.61. The van der Waals surface area contributed by atoms with Crippen molar-refractivity contribution in [2.45, 2.75) is 19.8 Å². The third-order valence-electron chi connectivity index (χ3n) is 5.99. The summed E-state index contributed by atoms with van der Waals surface area (Å²) < 4.78 is 5.40. The zero-order valence-corrected chi connectivity index (χ0v) is 15.2. The summed E-state index contributed by atoms with van der Waals surface area (Å²) >= 11 is 0. The van der Waals surface area contributed by atoms with E-state index in [0.29, 0.717) is 24.6 Å². The number of anilines is 1. The van der Waals surface area contributed by atoms with Crippen LogP contribution >= 0.6 is 0 Å². The second-order valence-electron chi connectivity index (χ2n) is 7.76. The highest BCUT2D eigenvalue weighted by molar-refractivity contribution is 5.95. The number of rotatable bonds is 4. The van der Waals surface area contributed by atoms with Gasteiger partial charge in [0.1, 0.15) is 0 Å². The maximum absolute atomic E-state index is 12.9. The number of aliphatic carboxylic acids is 1. The van der Waals surface area contributed by atoms with Crippen LogP contribution in [0.4, 0.5) is 5.69 Å². The molecular weight excluding hydrogens is 332 g/mol. The van der Waals surface area contributed by atoms with Crippen LogP contribution in [0, 0.1) is 24.7 Å². The van der Waals surface area contributed by atoms with Crippen LogP contribution in [-0.2, 0) is 9.53 Å². The Balaban J connectivity index is 1.49. The van der Waals surface area contributed by atoms with Crippen LogP contribution in [0.25, 0.3) is 0 Å². The Morgan fingerprint density at radius 1 is 1.15 bits per heavy atom. The molecule has 2 aliphatic heterocycles. The molecule has 0 unspecified atom stereocenters. The van der Waals surface area contributed by atoms with Gasteiger partial charge < -0.3 is 19.6 Å². The summed E-state index contributed by atoms with van der Waals surface area (Å²) in [4.78, 5) is 28.5. The van der Waals surface area contributed by atoms with E-state index in [9.17, 15) is 14.7 Å². The molecule has 1 amide bonds. The molecule has 0 radical (unpaired) electrons. The van der Waals surface area contributed by atoms with E-state index in [2.05, 4.69) is 4.90 Å². The van der Waals surface area contributed by atoms with Crippen molar-refractivity contribution in [3.05, 3.63) is 29.3 Å². The summed E-state index contributed by atoms with van der Waals surface area (Å²) in [7, 11) is 0. The molecule has 3 fully saturated rings. The number of carbonyl (C=O) groups is 2. The van der Waals surface area contributed by atoms with Crippen LogP contribution in [0.1, 0.15) is 28.8 Å². The van der Waals surface area contributed by atoms with E-state index < -0.39 is 11.9 Å². The van der Waals surface area contributed by atoms with Gasteiger partial charge in [-0.25, -0.2) is 0 Å². The standard InChI is InChI=1S/C20H26N2O4/c1-13-10-15(4-5-18(13)21-6-8-26-9-7-21)19(23)22-11-16(14-2-3-14)17(12-22)20(24)25/h4-5,10,14,16-17H,2-3,6-9,11-12H2,1H3,(H,24,25)/t16-,17+/m1/s1. The largest absolute Gasteiger partial charge is 0.481 e. The molecule has 1 saturated carbocycles. The van der Waals surface area contributed by atoms with E-state index >= 15 is 0 Å². The molecule has 4 rings (SSSR count). The number of hydrogen-bond acceptors (Lipinski definition) is 4. The zero-order valence-electron chi connectivity index (χ0n) is 15.2. The smallest absolute Gasteiger partial charge is 0.308 e. The van der Waals surface area contributed by atoms with Gasteiger partial charge in [0.25, 0.3) is 5.91 Å². The van der Waals surface area contributed by atoms with Crippen molar-refractivity contribution in [3.8, 4) is 0 Å². The topological polar surface area (TPSA) is 70.1 Å². The first-order valence-electron chi connectivity index (χ1n) is 9.50. The first-order valence-corrected chi connectivity index (χ1v) is 9.50. The van der Waals surface area contributed by atoms with Crippen molar-refractivity contribution in [1.82, 2.24) is 4.90 Å². The van der Waals surface area contributed by atoms with E-state index in [0.717, 1.165) is 50.4 Å². The first kappa shape index (κ1) is 17.3. The number of carbonyl (C=O) groups excluding carboxylic acids is 1. The molecule has 0 spiro atoms. The molecule has 1 N–H and O–H groups in total. The SMILES string of the molecule is Cc1cc(C(=O)N2C[C@H](C(=O)O)[C@@H](C3CC3)C2)ccc1N1CCOCC1. The molecule has 140 valence electrons. The van der Waals surface area contributed by atoms with Crippen molar-refractivity contribution in [2.24, 2.45) is 17.8 Å². The van der Waals surface area contributed by atoms with Gasteiger partial charge in [-0.15, -0.1) is 0 Å². The lowest BCUT2D eigenvalue weighted by atomic mass is 9.92.